The minimum Gasteiger partial charge on any atom is -0.281 e. The third-order valence-electron chi connectivity index (χ3n) is 3.38. The number of carbonyl (C=O) groups excluding carboxylic acids is 1. The van der Waals surface area contributed by atoms with Crippen LogP contribution in [0.3, 0.4) is 0 Å². The quantitative estimate of drug-likeness (QED) is 0.514. The molecule has 0 aromatic carbocycles. The van der Waals surface area contributed by atoms with E-state index in [0.29, 0.717) is 11.8 Å². The van der Waals surface area contributed by atoms with Crippen molar-refractivity contribution in [2.45, 2.75) is 39.5 Å². The Morgan fingerprint density at radius 1 is 1.50 bits per heavy atom. The molecule has 1 aliphatic carbocycles. The average Bonchev–Trinajstić information content (AvgIpc) is 2.43. The monoisotopic (exact) mass is 214 g/mol. The van der Waals surface area contributed by atoms with E-state index in [1.807, 2.05) is 6.92 Å². The maximum atomic E-state index is 11.2. The molecular weight excluding hydrogens is 196 g/mol. The summed E-state index contributed by atoms with van der Waals surface area (Å²) in [5.74, 6) is 1.23. The third kappa shape index (κ3) is 2.84. The molecule has 1 fully saturated rings. The Kier molecular flexibility index (Phi) is 4.18. The third-order valence-corrected chi connectivity index (χ3v) is 3.66. The van der Waals surface area contributed by atoms with Crippen molar-refractivity contribution in [2.24, 2.45) is 17.8 Å². The van der Waals surface area contributed by atoms with Crippen LogP contribution in [-0.2, 0) is 4.79 Å². The number of carbonyl (C=O) groups is 1. The van der Waals surface area contributed by atoms with Crippen LogP contribution in [0.25, 0.3) is 0 Å². The van der Waals surface area contributed by atoms with Crippen LogP contribution in [0.15, 0.2) is 12.2 Å². The number of halogens is 1. The smallest absolute Gasteiger partial charge is 0.225 e. The molecule has 0 amide bonds. The summed E-state index contributed by atoms with van der Waals surface area (Å²) in [4.78, 5) is 11.2. The molecule has 0 N–H and O–H groups in total. The Bertz CT molecular complexity index is 234. The molecule has 0 radical (unpaired) electrons. The highest BCUT2D eigenvalue weighted by molar-refractivity contribution is 6.64. The molecule has 0 saturated heterocycles. The van der Waals surface area contributed by atoms with Gasteiger partial charge in [0, 0.05) is 5.92 Å². The van der Waals surface area contributed by atoms with Gasteiger partial charge in [0.2, 0.25) is 5.24 Å². The van der Waals surface area contributed by atoms with Crippen molar-refractivity contribution >= 4 is 16.8 Å². The molecule has 1 saturated carbocycles. The fourth-order valence-electron chi connectivity index (χ4n) is 2.45. The average molecular weight is 215 g/mol. The van der Waals surface area contributed by atoms with E-state index in [-0.39, 0.29) is 11.2 Å². The van der Waals surface area contributed by atoms with Gasteiger partial charge in [0.1, 0.15) is 0 Å². The van der Waals surface area contributed by atoms with E-state index in [4.69, 9.17) is 11.6 Å². The Morgan fingerprint density at radius 3 is 2.64 bits per heavy atom. The zero-order valence-electron chi connectivity index (χ0n) is 9.05. The molecule has 0 aliphatic heterocycles. The van der Waals surface area contributed by atoms with E-state index in [0.717, 1.165) is 25.7 Å². The minimum atomic E-state index is -0.138. The zero-order chi connectivity index (χ0) is 10.7. The Labute approximate surface area is 91.5 Å². The fraction of sp³-hybridized carbons (Fsp3) is 0.750. The highest BCUT2D eigenvalue weighted by Crippen LogP contribution is 2.41. The summed E-state index contributed by atoms with van der Waals surface area (Å²) < 4.78 is 0. The summed E-state index contributed by atoms with van der Waals surface area (Å²) in [7, 11) is 0. The highest BCUT2D eigenvalue weighted by atomic mass is 35.5. The molecule has 2 heteroatoms. The van der Waals surface area contributed by atoms with Gasteiger partial charge in [-0.3, -0.25) is 4.79 Å². The summed E-state index contributed by atoms with van der Waals surface area (Å²) in [6, 6.07) is 0. The minimum absolute atomic E-state index is 0.103. The Balaban J connectivity index is 2.53. The summed E-state index contributed by atoms with van der Waals surface area (Å²) in [5, 5.41) is -0.138. The summed E-state index contributed by atoms with van der Waals surface area (Å²) in [6.45, 7) is 8.16. The second-order valence-electron chi connectivity index (χ2n) is 4.62. The molecule has 1 rings (SSSR count). The lowest BCUT2D eigenvalue weighted by Crippen LogP contribution is -2.18. The van der Waals surface area contributed by atoms with Crippen LogP contribution in [0, 0.1) is 17.8 Å². The van der Waals surface area contributed by atoms with E-state index < -0.39 is 0 Å². The predicted octanol–water partition coefficient (Wildman–Crippen LogP) is 3.77. The van der Waals surface area contributed by atoms with Crippen molar-refractivity contribution in [1.82, 2.24) is 0 Å². The number of allylic oxidation sites excluding steroid dienone is 1. The van der Waals surface area contributed by atoms with Crippen molar-refractivity contribution in [1.29, 1.82) is 0 Å². The van der Waals surface area contributed by atoms with Crippen LogP contribution in [0.4, 0.5) is 0 Å². The molecule has 0 aromatic rings. The predicted molar refractivity (Wildman–Crippen MR) is 60.3 cm³/mol. The molecule has 0 spiro atoms. The van der Waals surface area contributed by atoms with E-state index in [9.17, 15) is 4.79 Å². The molecule has 1 nitrogen and oxygen atoms in total. The molecule has 0 bridgehead atoms. The molecule has 1 aliphatic rings. The van der Waals surface area contributed by atoms with Crippen molar-refractivity contribution in [3.05, 3.63) is 12.2 Å². The summed E-state index contributed by atoms with van der Waals surface area (Å²) in [6.07, 6.45) is 4.21. The highest BCUT2D eigenvalue weighted by Gasteiger charge is 2.36. The summed E-state index contributed by atoms with van der Waals surface area (Å²) >= 11 is 5.60. The van der Waals surface area contributed by atoms with Gasteiger partial charge in [-0.2, -0.15) is 0 Å². The first kappa shape index (κ1) is 11.8. The van der Waals surface area contributed by atoms with Crippen molar-refractivity contribution in [3.63, 3.8) is 0 Å². The lowest BCUT2D eigenvalue weighted by atomic mass is 9.86. The van der Waals surface area contributed by atoms with Crippen LogP contribution in [0.5, 0.6) is 0 Å². The molecular formula is C12H19ClO. The van der Waals surface area contributed by atoms with Gasteiger partial charge in [-0.1, -0.05) is 12.5 Å². The van der Waals surface area contributed by atoms with Gasteiger partial charge in [0.05, 0.1) is 0 Å². The number of hydrogen-bond acceptors (Lipinski definition) is 1. The molecule has 80 valence electrons. The maximum Gasteiger partial charge on any atom is 0.225 e. The van der Waals surface area contributed by atoms with E-state index >= 15 is 0 Å². The number of hydrogen-bond donors (Lipinski definition) is 0. The molecule has 14 heavy (non-hydrogen) atoms. The lowest BCUT2D eigenvalue weighted by molar-refractivity contribution is -0.116. The SMILES string of the molecule is C=C(C)CC[C@H]1[C@H](C)CC[C@@H]1C(=O)Cl. The summed E-state index contributed by atoms with van der Waals surface area (Å²) in [5.41, 5.74) is 1.20. The van der Waals surface area contributed by atoms with Crippen LogP contribution in [-0.4, -0.2) is 5.24 Å². The largest absolute Gasteiger partial charge is 0.281 e. The zero-order valence-corrected chi connectivity index (χ0v) is 9.81. The Morgan fingerprint density at radius 2 is 2.14 bits per heavy atom. The molecule has 3 atom stereocenters. The lowest BCUT2D eigenvalue weighted by Gasteiger charge is -2.19. The second kappa shape index (κ2) is 4.97. The first-order valence-corrected chi connectivity index (χ1v) is 5.74. The first-order valence-electron chi connectivity index (χ1n) is 5.36. The van der Waals surface area contributed by atoms with Crippen LogP contribution in [0.2, 0.25) is 0 Å². The first-order chi connectivity index (χ1) is 6.52. The van der Waals surface area contributed by atoms with Gasteiger partial charge in [0.25, 0.3) is 0 Å². The van der Waals surface area contributed by atoms with Gasteiger partial charge in [0.15, 0.2) is 0 Å². The van der Waals surface area contributed by atoms with Gasteiger partial charge < -0.3 is 0 Å². The van der Waals surface area contributed by atoms with Gasteiger partial charge >= 0.3 is 0 Å². The Hall–Kier alpha value is -0.300. The second-order valence-corrected chi connectivity index (χ2v) is 5.00. The maximum absolute atomic E-state index is 11.2. The van der Waals surface area contributed by atoms with Gasteiger partial charge in [-0.15, -0.1) is 6.58 Å². The molecule has 0 unspecified atom stereocenters. The standard InChI is InChI=1S/C12H19ClO/c1-8(2)4-6-10-9(3)5-7-11(10)12(13)14/h9-11H,1,4-7H2,2-3H3/t9-,10+,11+/m1/s1. The molecule has 0 heterocycles. The van der Waals surface area contributed by atoms with E-state index in [1.165, 1.54) is 5.57 Å². The van der Waals surface area contributed by atoms with Crippen LogP contribution < -0.4 is 0 Å². The fourth-order valence-corrected chi connectivity index (χ4v) is 2.72. The van der Waals surface area contributed by atoms with E-state index in [2.05, 4.69) is 13.5 Å². The molecule has 0 aromatic heterocycles. The van der Waals surface area contributed by atoms with Crippen molar-refractivity contribution in [2.75, 3.05) is 0 Å². The topological polar surface area (TPSA) is 17.1 Å². The van der Waals surface area contributed by atoms with Crippen molar-refractivity contribution in [3.8, 4) is 0 Å². The van der Waals surface area contributed by atoms with Crippen molar-refractivity contribution < 1.29 is 4.79 Å². The van der Waals surface area contributed by atoms with Crippen LogP contribution in [0.1, 0.15) is 39.5 Å². The van der Waals surface area contributed by atoms with Gasteiger partial charge in [-0.05, 0) is 56.0 Å². The van der Waals surface area contributed by atoms with Crippen LogP contribution >= 0.6 is 11.6 Å². The van der Waals surface area contributed by atoms with Gasteiger partial charge in [-0.25, -0.2) is 0 Å². The normalized spacial score (nSPS) is 31.8. The van der Waals surface area contributed by atoms with E-state index in [1.54, 1.807) is 0 Å². The number of rotatable bonds is 4.